The summed E-state index contributed by atoms with van der Waals surface area (Å²) in [5, 5.41) is 27.4. The van der Waals surface area contributed by atoms with Crippen LogP contribution in [0.1, 0.15) is 116 Å². The Morgan fingerprint density at radius 1 is 0.966 bits per heavy atom. The predicted octanol–water partition coefficient (Wildman–Crippen LogP) is 8.55. The molecule has 58 heavy (non-hydrogen) atoms. The van der Waals surface area contributed by atoms with Gasteiger partial charge in [0.1, 0.15) is 0 Å². The molecule has 9 rings (SSSR count). The molecule has 0 radical (unpaired) electrons. The summed E-state index contributed by atoms with van der Waals surface area (Å²) in [5.41, 5.74) is 4.14. The number of carbonyl (C=O) groups is 1. The molecule has 3 heterocycles. The molecular formula is C49H67N2O7+. The fraction of sp³-hybridized carbons (Fsp3) is 0.673. The molecular weight excluding hydrogens is 729 g/mol. The van der Waals surface area contributed by atoms with Gasteiger partial charge < -0.3 is 34.5 Å². The number of benzene rings is 2. The molecule has 9 heteroatoms. The van der Waals surface area contributed by atoms with E-state index in [2.05, 4.69) is 61.1 Å². The van der Waals surface area contributed by atoms with Crippen LogP contribution in [0.15, 0.2) is 36.5 Å². The van der Waals surface area contributed by atoms with E-state index in [1.807, 2.05) is 6.07 Å². The van der Waals surface area contributed by atoms with Gasteiger partial charge in [0, 0.05) is 25.5 Å². The third-order valence-electron chi connectivity index (χ3n) is 16.7. The summed E-state index contributed by atoms with van der Waals surface area (Å²) in [4.78, 5) is 13.0. The van der Waals surface area contributed by atoms with Crippen molar-refractivity contribution in [3.63, 3.8) is 0 Å². The molecule has 4 fully saturated rings. The summed E-state index contributed by atoms with van der Waals surface area (Å²) in [7, 11) is 1.70. The van der Waals surface area contributed by atoms with Crippen molar-refractivity contribution >= 4 is 16.7 Å². The number of aliphatic hydroxyl groups is 2. The standard InChI is InChI=1S/C49H66N2O7/c1-30(37-11-12-38-46-39(16-19-49(37,38)3)48(2)18-15-34(52)25-33(48)26-41(46)53)9-14-45(54)50-20-7-5-6-8-22-56-47-36-28-51-21-17-32-24-43-44(58-29-57-43)27-35(32)40(51)23-31(36)10-13-42(47)55-4/h10,13,23-24,27-28,30,33-34,37-39,41,46,52-53H,5-9,11-12,14-22,25-26,29H2,1-4H3/p+1/t30-,33?,34+,37-,38+,39+,41+,46+,48+,49-/m1/s1. The van der Waals surface area contributed by atoms with E-state index in [0.29, 0.717) is 48.5 Å². The smallest absolute Gasteiger partial charge is 0.231 e. The predicted molar refractivity (Wildman–Crippen MR) is 224 cm³/mol. The number of fused-ring (bicyclic) bond motifs is 10. The van der Waals surface area contributed by atoms with Gasteiger partial charge in [0.05, 0.1) is 36.9 Å². The molecule has 9 nitrogen and oxygen atoms in total. The first-order valence-corrected chi connectivity index (χ1v) is 22.8. The van der Waals surface area contributed by atoms with Crippen LogP contribution in [0.2, 0.25) is 0 Å². The van der Waals surface area contributed by atoms with E-state index in [-0.39, 0.29) is 35.7 Å². The van der Waals surface area contributed by atoms with Crippen LogP contribution >= 0.6 is 0 Å². The first-order valence-electron chi connectivity index (χ1n) is 22.8. The molecule has 2 aromatic carbocycles. The van der Waals surface area contributed by atoms with Gasteiger partial charge in [-0.05, 0) is 152 Å². The van der Waals surface area contributed by atoms with E-state index in [9.17, 15) is 15.0 Å². The molecule has 1 unspecified atom stereocenters. The fourth-order valence-electron chi connectivity index (χ4n) is 13.5. The zero-order valence-corrected chi connectivity index (χ0v) is 35.4. The number of hydrogen-bond donors (Lipinski definition) is 3. The average Bonchev–Trinajstić information content (AvgIpc) is 3.83. The minimum Gasteiger partial charge on any atom is -0.493 e. The van der Waals surface area contributed by atoms with Crippen LogP contribution in [-0.2, 0) is 17.8 Å². The molecule has 6 aliphatic rings. The third kappa shape index (κ3) is 7.14. The van der Waals surface area contributed by atoms with Crippen molar-refractivity contribution in [1.82, 2.24) is 5.32 Å². The molecule has 3 aromatic rings. The number of hydrogen-bond acceptors (Lipinski definition) is 7. The van der Waals surface area contributed by atoms with Crippen molar-refractivity contribution < 1.29 is 38.5 Å². The molecule has 4 aliphatic carbocycles. The third-order valence-corrected chi connectivity index (χ3v) is 16.7. The van der Waals surface area contributed by atoms with Crippen LogP contribution < -0.4 is 28.8 Å². The van der Waals surface area contributed by atoms with Crippen LogP contribution in [0.25, 0.3) is 22.0 Å². The number of methoxy groups -OCH3 is 1. The summed E-state index contributed by atoms with van der Waals surface area (Å²) < 4.78 is 25.8. The number of nitrogens with one attached hydrogen (secondary N) is 1. The van der Waals surface area contributed by atoms with Gasteiger partial charge in [-0.1, -0.05) is 33.6 Å². The number of amides is 1. The van der Waals surface area contributed by atoms with Gasteiger partial charge in [-0.15, -0.1) is 0 Å². The number of aromatic nitrogens is 1. The molecule has 0 spiro atoms. The molecule has 3 N–H and O–H groups in total. The van der Waals surface area contributed by atoms with E-state index >= 15 is 0 Å². The maximum Gasteiger partial charge on any atom is 0.231 e. The van der Waals surface area contributed by atoms with Gasteiger partial charge in [0.25, 0.3) is 0 Å². The molecule has 0 bridgehead atoms. The number of aliphatic hydroxyl groups excluding tert-OH is 2. The molecule has 314 valence electrons. The van der Waals surface area contributed by atoms with E-state index in [1.54, 1.807) is 7.11 Å². The number of pyridine rings is 1. The first kappa shape index (κ1) is 39.9. The largest absolute Gasteiger partial charge is 0.493 e. The molecule has 10 atom stereocenters. The Kier molecular flexibility index (Phi) is 11.1. The summed E-state index contributed by atoms with van der Waals surface area (Å²) in [5.74, 6) is 6.46. The summed E-state index contributed by atoms with van der Waals surface area (Å²) in [6, 6.07) is 10.6. The van der Waals surface area contributed by atoms with E-state index < -0.39 is 0 Å². The van der Waals surface area contributed by atoms with Crippen molar-refractivity contribution in [2.45, 2.75) is 136 Å². The lowest BCUT2D eigenvalue weighted by Gasteiger charge is -2.62. The summed E-state index contributed by atoms with van der Waals surface area (Å²) in [6.45, 7) is 9.89. The zero-order chi connectivity index (χ0) is 40.2. The van der Waals surface area contributed by atoms with Gasteiger partial charge >= 0.3 is 0 Å². The zero-order valence-electron chi connectivity index (χ0n) is 35.4. The number of aryl methyl sites for hydroxylation is 2. The number of rotatable bonds is 13. The normalized spacial score (nSPS) is 32.3. The van der Waals surface area contributed by atoms with Crippen molar-refractivity contribution in [2.24, 2.45) is 46.3 Å². The number of ether oxygens (including phenoxy) is 4. The topological polar surface area (TPSA) is 110 Å². The van der Waals surface area contributed by atoms with Gasteiger partial charge in [-0.2, -0.15) is 4.57 Å². The van der Waals surface area contributed by atoms with Crippen molar-refractivity contribution in [3.05, 3.63) is 42.1 Å². The van der Waals surface area contributed by atoms with Gasteiger partial charge in [0.2, 0.25) is 18.4 Å². The second-order valence-electron chi connectivity index (χ2n) is 19.6. The van der Waals surface area contributed by atoms with Crippen molar-refractivity contribution in [2.75, 3.05) is 27.1 Å². The molecule has 2 aliphatic heterocycles. The Morgan fingerprint density at radius 3 is 2.60 bits per heavy atom. The fourth-order valence-corrected chi connectivity index (χ4v) is 13.5. The lowest BCUT2D eigenvalue weighted by Crippen LogP contribution is -2.58. The van der Waals surface area contributed by atoms with Gasteiger partial charge in [-0.25, -0.2) is 0 Å². The average molecular weight is 796 g/mol. The van der Waals surface area contributed by atoms with E-state index in [4.69, 9.17) is 18.9 Å². The number of unbranched alkanes of at least 4 members (excludes halogenated alkanes) is 3. The van der Waals surface area contributed by atoms with Crippen LogP contribution in [0.3, 0.4) is 0 Å². The first-order chi connectivity index (χ1) is 28.1. The van der Waals surface area contributed by atoms with Crippen LogP contribution in [0.5, 0.6) is 23.0 Å². The highest BCUT2D eigenvalue weighted by atomic mass is 16.7. The Hall–Kier alpha value is -3.56. The second kappa shape index (κ2) is 16.1. The van der Waals surface area contributed by atoms with E-state index in [1.165, 1.54) is 42.5 Å². The van der Waals surface area contributed by atoms with Gasteiger partial charge in [-0.3, -0.25) is 4.79 Å². The number of carbonyl (C=O) groups excluding carboxylic acids is 1. The Labute approximate surface area is 345 Å². The van der Waals surface area contributed by atoms with Gasteiger partial charge in [0.15, 0.2) is 35.7 Å². The highest BCUT2D eigenvalue weighted by molar-refractivity contribution is 5.91. The highest BCUT2D eigenvalue weighted by Crippen LogP contribution is 2.68. The maximum atomic E-state index is 13.0. The molecule has 4 saturated carbocycles. The Bertz CT molecular complexity index is 2000. The summed E-state index contributed by atoms with van der Waals surface area (Å²) >= 11 is 0. The Balaban J connectivity index is 0.712. The second-order valence-corrected chi connectivity index (χ2v) is 19.6. The van der Waals surface area contributed by atoms with E-state index in [0.717, 1.165) is 111 Å². The lowest BCUT2D eigenvalue weighted by atomic mass is 9.43. The monoisotopic (exact) mass is 795 g/mol. The SMILES string of the molecule is COc1ccc2cc3[n+](cc2c1OCCCCCCNC(=O)CC[C@@H](C)[C@H]1CC[C@H]2[C@@H]4[C@@H](O)CC5C[C@@H](O)CC[C@]5(C)[C@H]4CC[C@]12C)CCc1cc2c(cc1-3)OCO2. The number of nitrogens with zero attached hydrogens (tertiary/aromatic N) is 1. The van der Waals surface area contributed by atoms with Crippen LogP contribution in [-0.4, -0.2) is 55.4 Å². The maximum absolute atomic E-state index is 13.0. The van der Waals surface area contributed by atoms with Crippen LogP contribution in [0.4, 0.5) is 0 Å². The quantitative estimate of drug-likeness (QED) is 0.118. The van der Waals surface area contributed by atoms with Crippen molar-refractivity contribution in [3.8, 4) is 34.3 Å². The molecule has 1 amide bonds. The lowest BCUT2D eigenvalue weighted by molar-refractivity contribution is -0.686. The Morgan fingerprint density at radius 2 is 1.76 bits per heavy atom. The minimum atomic E-state index is -0.239. The molecule has 1 aromatic heterocycles. The summed E-state index contributed by atoms with van der Waals surface area (Å²) in [6.07, 6.45) is 16.8. The minimum absolute atomic E-state index is 0.178. The highest BCUT2D eigenvalue weighted by Gasteiger charge is 2.62. The van der Waals surface area contributed by atoms with Crippen LogP contribution in [0, 0.1) is 46.3 Å². The molecule has 0 saturated heterocycles. The van der Waals surface area contributed by atoms with Crippen molar-refractivity contribution in [1.29, 1.82) is 0 Å².